The van der Waals surface area contributed by atoms with E-state index in [0.717, 1.165) is 40.7 Å². The number of aliphatic hydroxyl groups excluding tert-OH is 1. The summed E-state index contributed by atoms with van der Waals surface area (Å²) in [7, 11) is 0. The van der Waals surface area contributed by atoms with Crippen molar-refractivity contribution in [3.05, 3.63) is 64.7 Å². The lowest BCUT2D eigenvalue weighted by Gasteiger charge is -2.25. The molecule has 1 aliphatic heterocycles. The topological polar surface area (TPSA) is 36.4 Å². The molecule has 25 heavy (non-hydrogen) atoms. The molecule has 1 saturated heterocycles. The SMILES string of the molecule is OC(CN1CCCC1c1nc2ccccc2s1)c1ccc(F)cc1F. The number of thiazole rings is 1. The monoisotopic (exact) mass is 360 g/mol. The van der Waals surface area contributed by atoms with E-state index < -0.39 is 17.7 Å². The highest BCUT2D eigenvalue weighted by atomic mass is 32.1. The van der Waals surface area contributed by atoms with Crippen LogP contribution in [0.4, 0.5) is 8.78 Å². The third kappa shape index (κ3) is 3.29. The van der Waals surface area contributed by atoms with E-state index >= 15 is 0 Å². The molecule has 3 nitrogen and oxygen atoms in total. The van der Waals surface area contributed by atoms with Gasteiger partial charge in [0.25, 0.3) is 0 Å². The van der Waals surface area contributed by atoms with Crippen LogP contribution in [0.3, 0.4) is 0 Å². The molecule has 1 N–H and O–H groups in total. The first-order valence-corrected chi connectivity index (χ1v) is 9.16. The quantitative estimate of drug-likeness (QED) is 0.747. The third-order valence-electron chi connectivity index (χ3n) is 4.69. The maximum atomic E-state index is 13.9. The molecule has 2 atom stereocenters. The minimum Gasteiger partial charge on any atom is -0.387 e. The van der Waals surface area contributed by atoms with Gasteiger partial charge in [-0.25, -0.2) is 13.8 Å². The molecular formula is C19H18F2N2OS. The molecule has 0 aliphatic carbocycles. The summed E-state index contributed by atoms with van der Waals surface area (Å²) in [4.78, 5) is 6.87. The first-order valence-electron chi connectivity index (χ1n) is 8.34. The molecule has 4 rings (SSSR count). The third-order valence-corrected chi connectivity index (χ3v) is 5.83. The zero-order chi connectivity index (χ0) is 17.4. The van der Waals surface area contributed by atoms with E-state index in [1.807, 2.05) is 18.2 Å². The Balaban J connectivity index is 1.55. The second kappa shape index (κ2) is 6.78. The number of rotatable bonds is 4. The molecular weight excluding hydrogens is 342 g/mol. The summed E-state index contributed by atoms with van der Waals surface area (Å²) in [6.45, 7) is 1.14. The fraction of sp³-hybridized carbons (Fsp3) is 0.316. The minimum atomic E-state index is -0.990. The average molecular weight is 360 g/mol. The van der Waals surface area contributed by atoms with E-state index in [4.69, 9.17) is 4.98 Å². The molecule has 2 unspecified atom stereocenters. The maximum absolute atomic E-state index is 13.9. The smallest absolute Gasteiger partial charge is 0.131 e. The summed E-state index contributed by atoms with van der Waals surface area (Å²) in [6.07, 6.45) is 0.994. The summed E-state index contributed by atoms with van der Waals surface area (Å²) in [6, 6.07) is 11.5. The first-order chi connectivity index (χ1) is 12.1. The molecule has 0 amide bonds. The van der Waals surface area contributed by atoms with Gasteiger partial charge >= 0.3 is 0 Å². The fourth-order valence-electron chi connectivity index (χ4n) is 3.45. The number of nitrogens with zero attached hydrogens (tertiary/aromatic N) is 2. The number of halogens is 2. The van der Waals surface area contributed by atoms with Crippen LogP contribution in [0.5, 0.6) is 0 Å². The maximum Gasteiger partial charge on any atom is 0.131 e. The Morgan fingerprint density at radius 3 is 2.88 bits per heavy atom. The van der Waals surface area contributed by atoms with E-state index in [1.54, 1.807) is 11.3 Å². The van der Waals surface area contributed by atoms with Gasteiger partial charge in [-0.05, 0) is 37.6 Å². The molecule has 3 aromatic rings. The van der Waals surface area contributed by atoms with E-state index in [0.29, 0.717) is 6.54 Å². The summed E-state index contributed by atoms with van der Waals surface area (Å²) < 4.78 is 28.1. The molecule has 0 radical (unpaired) electrons. The molecule has 1 fully saturated rings. The van der Waals surface area contributed by atoms with Gasteiger partial charge in [0.2, 0.25) is 0 Å². The van der Waals surface area contributed by atoms with Crippen molar-refractivity contribution in [2.75, 3.05) is 13.1 Å². The lowest BCUT2D eigenvalue weighted by Crippen LogP contribution is -2.28. The first kappa shape index (κ1) is 16.6. The van der Waals surface area contributed by atoms with Gasteiger partial charge in [-0.2, -0.15) is 0 Å². The van der Waals surface area contributed by atoms with E-state index in [9.17, 15) is 13.9 Å². The largest absolute Gasteiger partial charge is 0.387 e. The fourth-order valence-corrected chi connectivity index (χ4v) is 4.59. The second-order valence-electron chi connectivity index (χ2n) is 6.35. The van der Waals surface area contributed by atoms with Crippen molar-refractivity contribution < 1.29 is 13.9 Å². The zero-order valence-electron chi connectivity index (χ0n) is 13.5. The van der Waals surface area contributed by atoms with Crippen LogP contribution in [0, 0.1) is 11.6 Å². The number of aromatic nitrogens is 1. The van der Waals surface area contributed by atoms with Crippen molar-refractivity contribution in [2.24, 2.45) is 0 Å². The lowest BCUT2D eigenvalue weighted by atomic mass is 10.1. The number of aliphatic hydroxyl groups is 1. The van der Waals surface area contributed by atoms with Gasteiger partial charge in [-0.1, -0.05) is 18.2 Å². The van der Waals surface area contributed by atoms with Crippen LogP contribution in [-0.2, 0) is 0 Å². The Bertz CT molecular complexity index is 865. The molecule has 6 heteroatoms. The van der Waals surface area contributed by atoms with Crippen LogP contribution < -0.4 is 0 Å². The Hall–Kier alpha value is -1.89. The van der Waals surface area contributed by atoms with Gasteiger partial charge in [-0.15, -0.1) is 11.3 Å². The lowest BCUT2D eigenvalue weighted by molar-refractivity contribution is 0.103. The van der Waals surface area contributed by atoms with Crippen LogP contribution in [0.2, 0.25) is 0 Å². The zero-order valence-corrected chi connectivity index (χ0v) is 14.3. The average Bonchev–Trinajstić information content (AvgIpc) is 3.20. The predicted octanol–water partition coefficient (Wildman–Crippen LogP) is 4.45. The minimum absolute atomic E-state index is 0.135. The number of para-hydroxylation sites is 1. The van der Waals surface area contributed by atoms with Crippen molar-refractivity contribution in [1.29, 1.82) is 0 Å². The second-order valence-corrected chi connectivity index (χ2v) is 7.42. The summed E-state index contributed by atoms with van der Waals surface area (Å²) in [5, 5.41) is 11.5. The Kier molecular flexibility index (Phi) is 4.50. The number of fused-ring (bicyclic) bond motifs is 1. The molecule has 1 aromatic heterocycles. The highest BCUT2D eigenvalue weighted by molar-refractivity contribution is 7.18. The van der Waals surface area contributed by atoms with Crippen molar-refractivity contribution in [3.63, 3.8) is 0 Å². The number of β-amino-alcohol motifs (C(OH)–C–C–N with tert-alkyl or cyclic N) is 1. The van der Waals surface area contributed by atoms with Crippen LogP contribution in [-0.4, -0.2) is 28.1 Å². The van der Waals surface area contributed by atoms with Gasteiger partial charge in [-0.3, -0.25) is 4.90 Å². The van der Waals surface area contributed by atoms with Crippen molar-refractivity contribution >= 4 is 21.6 Å². The van der Waals surface area contributed by atoms with E-state index in [2.05, 4.69) is 11.0 Å². The van der Waals surface area contributed by atoms with Crippen LogP contribution in [0.25, 0.3) is 10.2 Å². The standard InChI is InChI=1S/C19H18F2N2OS/c20-12-7-8-13(14(21)10-12)17(24)11-23-9-3-5-16(23)19-22-15-4-1-2-6-18(15)25-19/h1-2,4,6-8,10,16-17,24H,3,5,9,11H2. The van der Waals surface area contributed by atoms with Crippen LogP contribution >= 0.6 is 11.3 Å². The van der Waals surface area contributed by atoms with Gasteiger partial charge in [0, 0.05) is 18.2 Å². The molecule has 130 valence electrons. The van der Waals surface area contributed by atoms with Crippen molar-refractivity contribution in [2.45, 2.75) is 25.0 Å². The molecule has 0 bridgehead atoms. The predicted molar refractivity (Wildman–Crippen MR) is 94.5 cm³/mol. The molecule has 0 spiro atoms. The van der Waals surface area contributed by atoms with Crippen LogP contribution in [0.15, 0.2) is 42.5 Å². The van der Waals surface area contributed by atoms with Crippen molar-refractivity contribution in [1.82, 2.24) is 9.88 Å². The molecule has 1 aliphatic rings. The Morgan fingerprint density at radius 1 is 1.24 bits per heavy atom. The molecule has 2 heterocycles. The van der Waals surface area contributed by atoms with Gasteiger partial charge < -0.3 is 5.11 Å². The number of likely N-dealkylation sites (tertiary alicyclic amines) is 1. The van der Waals surface area contributed by atoms with E-state index in [1.165, 1.54) is 12.1 Å². The van der Waals surface area contributed by atoms with E-state index in [-0.39, 0.29) is 11.6 Å². The van der Waals surface area contributed by atoms with Gasteiger partial charge in [0.1, 0.15) is 16.6 Å². The summed E-state index contributed by atoms with van der Waals surface area (Å²) in [5.74, 6) is -1.34. The number of hydrogen-bond donors (Lipinski definition) is 1. The number of hydrogen-bond acceptors (Lipinski definition) is 4. The Labute approximate surface area is 148 Å². The Morgan fingerprint density at radius 2 is 2.08 bits per heavy atom. The molecule has 2 aromatic carbocycles. The normalized spacial score (nSPS) is 19.6. The highest BCUT2D eigenvalue weighted by Crippen LogP contribution is 2.37. The van der Waals surface area contributed by atoms with Crippen molar-refractivity contribution in [3.8, 4) is 0 Å². The van der Waals surface area contributed by atoms with Gasteiger partial charge in [0.05, 0.1) is 22.4 Å². The van der Waals surface area contributed by atoms with Gasteiger partial charge in [0.15, 0.2) is 0 Å². The molecule has 0 saturated carbocycles. The summed E-state index contributed by atoms with van der Waals surface area (Å²) >= 11 is 1.67. The summed E-state index contributed by atoms with van der Waals surface area (Å²) in [5.41, 5.74) is 1.12. The highest BCUT2D eigenvalue weighted by Gasteiger charge is 2.30. The van der Waals surface area contributed by atoms with Crippen LogP contribution in [0.1, 0.15) is 35.6 Å². The number of benzene rings is 2.